The summed E-state index contributed by atoms with van der Waals surface area (Å²) in [7, 11) is 0. The Morgan fingerprint density at radius 2 is 2.12 bits per heavy atom. The Labute approximate surface area is 153 Å². The average Bonchev–Trinajstić information content (AvgIpc) is 3.26. The van der Waals surface area contributed by atoms with Crippen molar-refractivity contribution in [1.82, 2.24) is 15.1 Å². The summed E-state index contributed by atoms with van der Waals surface area (Å²) in [6, 6.07) is 4.59. The average molecular weight is 356 g/mol. The molecule has 1 aliphatic carbocycles. The second-order valence-corrected chi connectivity index (χ2v) is 7.62. The zero-order chi connectivity index (χ0) is 18.3. The molecule has 2 heterocycles. The summed E-state index contributed by atoms with van der Waals surface area (Å²) in [6.45, 7) is 4.32. The molecule has 1 saturated carbocycles. The van der Waals surface area contributed by atoms with Crippen molar-refractivity contribution < 1.29 is 9.18 Å². The van der Waals surface area contributed by atoms with Crippen molar-refractivity contribution in [2.45, 2.75) is 64.5 Å². The van der Waals surface area contributed by atoms with Gasteiger partial charge in [-0.1, -0.05) is 12.8 Å². The van der Waals surface area contributed by atoms with E-state index in [1.54, 1.807) is 19.1 Å². The molecule has 0 radical (unpaired) electrons. The first kappa shape index (κ1) is 17.1. The number of nitrogens with one attached hydrogen (secondary N) is 2. The van der Waals surface area contributed by atoms with Crippen LogP contribution in [0.1, 0.15) is 61.0 Å². The fourth-order valence-corrected chi connectivity index (χ4v) is 4.22. The first-order chi connectivity index (χ1) is 12.5. The first-order valence-electron chi connectivity index (χ1n) is 9.42. The zero-order valence-corrected chi connectivity index (χ0v) is 15.3. The van der Waals surface area contributed by atoms with Gasteiger partial charge in [-0.15, -0.1) is 0 Å². The number of nitrogens with zero attached hydrogens (tertiary/aromatic N) is 2. The summed E-state index contributed by atoms with van der Waals surface area (Å²) in [6.07, 6.45) is 5.68. The van der Waals surface area contributed by atoms with Gasteiger partial charge in [-0.05, 0) is 50.5 Å². The van der Waals surface area contributed by atoms with E-state index in [-0.39, 0.29) is 17.9 Å². The lowest BCUT2D eigenvalue weighted by Crippen LogP contribution is -2.45. The number of halogens is 1. The predicted molar refractivity (Wildman–Crippen MR) is 98.7 cm³/mol. The van der Waals surface area contributed by atoms with Crippen LogP contribution in [0.25, 0.3) is 0 Å². The van der Waals surface area contributed by atoms with Gasteiger partial charge in [0.25, 0.3) is 0 Å². The molecule has 2 aromatic rings. The third-order valence-electron chi connectivity index (χ3n) is 5.76. The van der Waals surface area contributed by atoms with Crippen LogP contribution in [0, 0.1) is 12.7 Å². The van der Waals surface area contributed by atoms with E-state index in [0.29, 0.717) is 23.7 Å². The van der Waals surface area contributed by atoms with Crippen LogP contribution < -0.4 is 5.32 Å². The van der Waals surface area contributed by atoms with Crippen LogP contribution in [0.4, 0.5) is 14.9 Å². The van der Waals surface area contributed by atoms with Gasteiger partial charge in [-0.2, -0.15) is 5.10 Å². The maximum Gasteiger partial charge on any atom is 0.322 e. The van der Waals surface area contributed by atoms with Gasteiger partial charge in [0.2, 0.25) is 0 Å². The molecule has 0 spiro atoms. The van der Waals surface area contributed by atoms with Crippen LogP contribution >= 0.6 is 0 Å². The van der Waals surface area contributed by atoms with Gasteiger partial charge in [0.05, 0.1) is 12.2 Å². The second kappa shape index (κ2) is 6.74. The molecule has 0 saturated heterocycles. The number of anilines is 1. The first-order valence-corrected chi connectivity index (χ1v) is 9.42. The van der Waals surface area contributed by atoms with Gasteiger partial charge >= 0.3 is 6.03 Å². The standard InChI is InChI=1S/C20H25FN4O/c1-12-9-15(7-8-17(12)21)22-20(26)25-11-16-18(10-13(25)2)23-24-19(16)14-5-3-4-6-14/h7-9,13-14H,3-6,10-11H2,1-2H3,(H,22,26)(H,23,24)/t13-/m1/s1. The second-order valence-electron chi connectivity index (χ2n) is 7.62. The third kappa shape index (κ3) is 3.08. The lowest BCUT2D eigenvalue weighted by molar-refractivity contribution is 0.181. The minimum Gasteiger partial charge on any atom is -0.317 e. The van der Waals surface area contributed by atoms with E-state index in [0.717, 1.165) is 12.1 Å². The van der Waals surface area contributed by atoms with Gasteiger partial charge in [-0.3, -0.25) is 5.10 Å². The molecule has 2 aliphatic rings. The number of hydrogen-bond donors (Lipinski definition) is 2. The number of aromatic nitrogens is 2. The summed E-state index contributed by atoms with van der Waals surface area (Å²) in [5.41, 5.74) is 4.66. The Hall–Kier alpha value is -2.37. The molecular formula is C20H25FN4O. The summed E-state index contributed by atoms with van der Waals surface area (Å²) in [5, 5.41) is 10.7. The van der Waals surface area contributed by atoms with Crippen LogP contribution in [0.2, 0.25) is 0 Å². The van der Waals surface area contributed by atoms with E-state index < -0.39 is 0 Å². The SMILES string of the molecule is Cc1cc(NC(=O)N2Cc3c(C4CCCC4)n[nH]c3C[C@H]2C)ccc1F. The number of benzene rings is 1. The number of amides is 2. The van der Waals surface area contributed by atoms with Crippen molar-refractivity contribution in [3.8, 4) is 0 Å². The number of carbonyl (C=O) groups excluding carboxylic acids is 1. The number of hydrogen-bond acceptors (Lipinski definition) is 2. The Kier molecular flexibility index (Phi) is 4.42. The van der Waals surface area contributed by atoms with Crippen molar-refractivity contribution in [3.63, 3.8) is 0 Å². The molecule has 26 heavy (non-hydrogen) atoms. The summed E-state index contributed by atoms with van der Waals surface area (Å²) in [5.74, 6) is 0.256. The highest BCUT2D eigenvalue weighted by Crippen LogP contribution is 2.37. The van der Waals surface area contributed by atoms with E-state index in [1.165, 1.54) is 43.0 Å². The molecule has 2 N–H and O–H groups in total. The van der Waals surface area contributed by atoms with E-state index in [9.17, 15) is 9.18 Å². The van der Waals surface area contributed by atoms with Crippen molar-refractivity contribution in [2.24, 2.45) is 0 Å². The highest BCUT2D eigenvalue weighted by atomic mass is 19.1. The highest BCUT2D eigenvalue weighted by Gasteiger charge is 2.33. The van der Waals surface area contributed by atoms with Crippen molar-refractivity contribution in [1.29, 1.82) is 0 Å². The number of carbonyl (C=O) groups is 1. The fraction of sp³-hybridized carbons (Fsp3) is 0.500. The van der Waals surface area contributed by atoms with E-state index in [1.807, 2.05) is 4.90 Å². The Balaban J connectivity index is 1.53. The molecule has 0 bridgehead atoms. The quantitative estimate of drug-likeness (QED) is 0.833. The smallest absolute Gasteiger partial charge is 0.317 e. The van der Waals surface area contributed by atoms with Gasteiger partial charge in [-0.25, -0.2) is 9.18 Å². The number of aromatic amines is 1. The highest BCUT2D eigenvalue weighted by molar-refractivity contribution is 5.89. The van der Waals surface area contributed by atoms with E-state index in [4.69, 9.17) is 0 Å². The fourth-order valence-electron chi connectivity index (χ4n) is 4.22. The van der Waals surface area contributed by atoms with Crippen molar-refractivity contribution >= 4 is 11.7 Å². The molecule has 2 amide bonds. The Morgan fingerprint density at radius 3 is 2.85 bits per heavy atom. The molecule has 1 aromatic carbocycles. The lowest BCUT2D eigenvalue weighted by Gasteiger charge is -2.33. The molecule has 1 aromatic heterocycles. The molecule has 1 aliphatic heterocycles. The number of fused-ring (bicyclic) bond motifs is 1. The molecule has 0 unspecified atom stereocenters. The number of aryl methyl sites for hydroxylation is 1. The van der Waals surface area contributed by atoms with E-state index in [2.05, 4.69) is 22.4 Å². The lowest BCUT2D eigenvalue weighted by atomic mass is 9.93. The molecular weight excluding hydrogens is 331 g/mol. The normalized spacial score (nSPS) is 20.3. The van der Waals surface area contributed by atoms with Gasteiger partial charge in [0, 0.05) is 35.3 Å². The molecule has 1 fully saturated rings. The van der Waals surface area contributed by atoms with Crippen molar-refractivity contribution in [3.05, 3.63) is 46.5 Å². The monoisotopic (exact) mass is 356 g/mol. The number of H-pyrrole nitrogens is 1. The molecule has 1 atom stereocenters. The summed E-state index contributed by atoms with van der Waals surface area (Å²) in [4.78, 5) is 14.7. The minimum atomic E-state index is -0.265. The molecule has 6 heteroatoms. The largest absolute Gasteiger partial charge is 0.322 e. The van der Waals surface area contributed by atoms with Crippen LogP contribution in [-0.2, 0) is 13.0 Å². The molecule has 4 rings (SSSR count). The summed E-state index contributed by atoms with van der Waals surface area (Å²) >= 11 is 0. The maximum atomic E-state index is 13.4. The van der Waals surface area contributed by atoms with Crippen molar-refractivity contribution in [2.75, 3.05) is 5.32 Å². The Bertz CT molecular complexity index is 825. The van der Waals surface area contributed by atoms with Crippen LogP contribution in [0.5, 0.6) is 0 Å². The topological polar surface area (TPSA) is 61.0 Å². The van der Waals surface area contributed by atoms with Crippen LogP contribution in [0.15, 0.2) is 18.2 Å². The molecule has 5 nitrogen and oxygen atoms in total. The van der Waals surface area contributed by atoms with Gasteiger partial charge in [0.15, 0.2) is 0 Å². The summed E-state index contributed by atoms with van der Waals surface area (Å²) < 4.78 is 13.4. The Morgan fingerprint density at radius 1 is 1.35 bits per heavy atom. The minimum absolute atomic E-state index is 0.0842. The number of urea groups is 1. The van der Waals surface area contributed by atoms with Crippen LogP contribution in [0.3, 0.4) is 0 Å². The third-order valence-corrected chi connectivity index (χ3v) is 5.76. The van der Waals surface area contributed by atoms with Gasteiger partial charge in [0.1, 0.15) is 5.82 Å². The predicted octanol–water partition coefficient (Wildman–Crippen LogP) is 4.49. The van der Waals surface area contributed by atoms with Gasteiger partial charge < -0.3 is 10.2 Å². The molecule has 138 valence electrons. The zero-order valence-electron chi connectivity index (χ0n) is 15.3. The maximum absolute atomic E-state index is 13.4. The van der Waals surface area contributed by atoms with Crippen LogP contribution in [-0.4, -0.2) is 27.2 Å². The van der Waals surface area contributed by atoms with E-state index >= 15 is 0 Å². The number of rotatable bonds is 2.